The van der Waals surface area contributed by atoms with Crippen molar-refractivity contribution < 1.29 is 0 Å². The van der Waals surface area contributed by atoms with Crippen molar-refractivity contribution in [1.29, 1.82) is 0 Å². The van der Waals surface area contributed by atoms with E-state index in [-0.39, 0.29) is 6.17 Å². The highest BCUT2D eigenvalue weighted by atomic mass is 15.0. The lowest BCUT2D eigenvalue weighted by atomic mass is 10.1. The molecule has 3 N–H and O–H groups in total. The van der Waals surface area contributed by atoms with Crippen molar-refractivity contribution in [2.45, 2.75) is 6.17 Å². The first-order chi connectivity index (χ1) is 6.36. The summed E-state index contributed by atoms with van der Waals surface area (Å²) >= 11 is 0. The summed E-state index contributed by atoms with van der Waals surface area (Å²) in [7, 11) is 0. The van der Waals surface area contributed by atoms with Gasteiger partial charge in [-0.05, 0) is 18.2 Å². The molecule has 1 aromatic heterocycles. The van der Waals surface area contributed by atoms with E-state index < -0.39 is 0 Å². The van der Waals surface area contributed by atoms with E-state index in [4.69, 9.17) is 5.73 Å². The van der Waals surface area contributed by atoms with E-state index in [1.807, 2.05) is 36.6 Å². The van der Waals surface area contributed by atoms with Gasteiger partial charge in [0, 0.05) is 18.0 Å². The zero-order valence-electron chi connectivity index (χ0n) is 7.14. The fourth-order valence-corrected chi connectivity index (χ4v) is 1.19. The number of hydrogen-bond donors (Lipinski definition) is 2. The van der Waals surface area contributed by atoms with E-state index in [2.05, 4.69) is 10.3 Å². The smallest absolute Gasteiger partial charge is 0.0934 e. The van der Waals surface area contributed by atoms with Gasteiger partial charge in [0.2, 0.25) is 0 Å². The summed E-state index contributed by atoms with van der Waals surface area (Å²) in [6.45, 7) is 0. The van der Waals surface area contributed by atoms with Gasteiger partial charge < -0.3 is 11.1 Å². The predicted molar refractivity (Wildman–Crippen MR) is 52.5 cm³/mol. The van der Waals surface area contributed by atoms with Gasteiger partial charge in [0.25, 0.3) is 0 Å². The van der Waals surface area contributed by atoms with Crippen LogP contribution in [0.5, 0.6) is 0 Å². The number of dihydropyridines is 1. The van der Waals surface area contributed by atoms with Crippen LogP contribution in [0, 0.1) is 0 Å². The number of nitrogens with two attached hydrogens (primary N) is 1. The molecule has 2 rings (SSSR count). The Bertz CT molecular complexity index is 340. The zero-order chi connectivity index (χ0) is 9.10. The Balaban J connectivity index is 2.25. The number of nitrogens with zero attached hydrogens (tertiary/aromatic N) is 1. The van der Waals surface area contributed by atoms with Gasteiger partial charge in [0.15, 0.2) is 0 Å². The van der Waals surface area contributed by atoms with Gasteiger partial charge >= 0.3 is 0 Å². The van der Waals surface area contributed by atoms with E-state index in [9.17, 15) is 0 Å². The van der Waals surface area contributed by atoms with Gasteiger partial charge in [0.1, 0.15) is 0 Å². The van der Waals surface area contributed by atoms with Crippen molar-refractivity contribution >= 4 is 5.57 Å². The number of aromatic nitrogens is 1. The molecule has 0 aromatic carbocycles. The number of pyridine rings is 1. The third kappa shape index (κ3) is 1.76. The van der Waals surface area contributed by atoms with Gasteiger partial charge in [-0.2, -0.15) is 0 Å². The minimum atomic E-state index is -0.0764. The molecule has 1 aromatic rings. The molecule has 1 atom stereocenters. The molecule has 0 spiro atoms. The summed E-state index contributed by atoms with van der Waals surface area (Å²) < 4.78 is 0. The highest BCUT2D eigenvalue weighted by Gasteiger charge is 2.04. The Labute approximate surface area is 77.0 Å². The molecule has 0 fully saturated rings. The molecule has 0 saturated carbocycles. The van der Waals surface area contributed by atoms with Crippen molar-refractivity contribution in [2.24, 2.45) is 5.73 Å². The SMILES string of the molecule is NC1C=CC(c2ccccn2)=CN1. The standard InChI is InChI=1S/C10H11N3/c11-10-5-4-8(7-13-10)9-3-1-2-6-12-9/h1-7,10,13H,11H2. The molecule has 2 heterocycles. The Morgan fingerprint density at radius 1 is 1.38 bits per heavy atom. The predicted octanol–water partition coefficient (Wildman–Crippen LogP) is 0.867. The summed E-state index contributed by atoms with van der Waals surface area (Å²) in [6, 6.07) is 5.83. The van der Waals surface area contributed by atoms with Crippen LogP contribution in [0.1, 0.15) is 5.69 Å². The van der Waals surface area contributed by atoms with Crippen LogP contribution in [0.15, 0.2) is 42.7 Å². The second kappa shape index (κ2) is 3.41. The van der Waals surface area contributed by atoms with E-state index >= 15 is 0 Å². The molecule has 0 saturated heterocycles. The fourth-order valence-electron chi connectivity index (χ4n) is 1.19. The molecule has 3 heteroatoms. The van der Waals surface area contributed by atoms with Crippen LogP contribution in [0.3, 0.4) is 0 Å². The second-order valence-corrected chi connectivity index (χ2v) is 2.87. The maximum absolute atomic E-state index is 5.61. The first kappa shape index (κ1) is 8.01. The van der Waals surface area contributed by atoms with Crippen molar-refractivity contribution in [1.82, 2.24) is 10.3 Å². The van der Waals surface area contributed by atoms with Gasteiger partial charge in [-0.1, -0.05) is 12.1 Å². The van der Waals surface area contributed by atoms with Crippen molar-refractivity contribution in [3.05, 3.63) is 48.4 Å². The summed E-state index contributed by atoms with van der Waals surface area (Å²) in [6.07, 6.45) is 7.46. The van der Waals surface area contributed by atoms with Crippen LogP contribution >= 0.6 is 0 Å². The number of nitrogens with one attached hydrogen (secondary N) is 1. The molecular formula is C10H11N3. The van der Waals surface area contributed by atoms with Crippen LogP contribution < -0.4 is 11.1 Å². The lowest BCUT2D eigenvalue weighted by Crippen LogP contribution is -2.33. The lowest BCUT2D eigenvalue weighted by Gasteiger charge is -2.13. The minimum Gasteiger partial charge on any atom is -0.372 e. The maximum atomic E-state index is 5.61. The van der Waals surface area contributed by atoms with Crippen molar-refractivity contribution in [3.63, 3.8) is 0 Å². The summed E-state index contributed by atoms with van der Waals surface area (Å²) in [5.74, 6) is 0. The molecule has 0 aliphatic carbocycles. The van der Waals surface area contributed by atoms with Gasteiger partial charge in [-0.25, -0.2) is 0 Å². The van der Waals surface area contributed by atoms with Crippen LogP contribution in [0.4, 0.5) is 0 Å². The van der Waals surface area contributed by atoms with Crippen molar-refractivity contribution in [3.8, 4) is 0 Å². The first-order valence-corrected chi connectivity index (χ1v) is 4.18. The lowest BCUT2D eigenvalue weighted by molar-refractivity contribution is 0.730. The second-order valence-electron chi connectivity index (χ2n) is 2.87. The average Bonchev–Trinajstić information content (AvgIpc) is 2.20. The highest BCUT2D eigenvalue weighted by Crippen LogP contribution is 2.13. The Hall–Kier alpha value is -1.61. The third-order valence-electron chi connectivity index (χ3n) is 1.88. The highest BCUT2D eigenvalue weighted by molar-refractivity contribution is 5.72. The fraction of sp³-hybridized carbons (Fsp3) is 0.100. The normalized spacial score (nSPS) is 20.7. The third-order valence-corrected chi connectivity index (χ3v) is 1.88. The van der Waals surface area contributed by atoms with Crippen LogP contribution in [-0.4, -0.2) is 11.1 Å². The molecule has 13 heavy (non-hydrogen) atoms. The molecule has 0 radical (unpaired) electrons. The van der Waals surface area contributed by atoms with Crippen LogP contribution in [0.2, 0.25) is 0 Å². The van der Waals surface area contributed by atoms with Gasteiger partial charge in [-0.3, -0.25) is 4.98 Å². The average molecular weight is 173 g/mol. The molecular weight excluding hydrogens is 162 g/mol. The molecule has 1 aliphatic rings. The van der Waals surface area contributed by atoms with Crippen molar-refractivity contribution in [2.75, 3.05) is 0 Å². The summed E-state index contributed by atoms with van der Waals surface area (Å²) in [4.78, 5) is 4.23. The van der Waals surface area contributed by atoms with Gasteiger partial charge in [0.05, 0.1) is 11.9 Å². The molecule has 1 aliphatic heterocycles. The summed E-state index contributed by atoms with van der Waals surface area (Å²) in [5.41, 5.74) is 7.63. The topological polar surface area (TPSA) is 50.9 Å². The molecule has 0 bridgehead atoms. The zero-order valence-corrected chi connectivity index (χ0v) is 7.14. The van der Waals surface area contributed by atoms with Gasteiger partial charge in [-0.15, -0.1) is 0 Å². The number of allylic oxidation sites excluding steroid dienone is 2. The monoisotopic (exact) mass is 173 g/mol. The van der Waals surface area contributed by atoms with E-state index in [0.29, 0.717) is 0 Å². The van der Waals surface area contributed by atoms with E-state index in [1.165, 1.54) is 0 Å². The van der Waals surface area contributed by atoms with Crippen LogP contribution in [-0.2, 0) is 0 Å². The van der Waals surface area contributed by atoms with E-state index in [0.717, 1.165) is 11.3 Å². The Morgan fingerprint density at radius 2 is 2.31 bits per heavy atom. The summed E-state index contributed by atoms with van der Waals surface area (Å²) in [5, 5.41) is 3.02. The molecule has 0 amide bonds. The molecule has 3 nitrogen and oxygen atoms in total. The minimum absolute atomic E-state index is 0.0764. The van der Waals surface area contributed by atoms with E-state index in [1.54, 1.807) is 6.20 Å². The maximum Gasteiger partial charge on any atom is 0.0934 e. The molecule has 1 unspecified atom stereocenters. The van der Waals surface area contributed by atoms with Crippen LogP contribution in [0.25, 0.3) is 5.57 Å². The number of hydrogen-bond acceptors (Lipinski definition) is 3. The Morgan fingerprint density at radius 3 is 2.92 bits per heavy atom. The number of rotatable bonds is 1. The first-order valence-electron chi connectivity index (χ1n) is 4.18. The largest absolute Gasteiger partial charge is 0.372 e. The Kier molecular flexibility index (Phi) is 2.10. The molecule has 66 valence electrons. The quantitative estimate of drug-likeness (QED) is 0.662.